The van der Waals surface area contributed by atoms with Crippen LogP contribution in [0.25, 0.3) is 0 Å². The maximum absolute atomic E-state index is 12.2. The van der Waals surface area contributed by atoms with Crippen molar-refractivity contribution in [1.82, 2.24) is 10.6 Å². The number of hydrogen-bond donors (Lipinski definition) is 3. The zero-order valence-corrected chi connectivity index (χ0v) is 12.3. The molecule has 0 spiro atoms. The molecule has 0 aliphatic carbocycles. The third-order valence-corrected chi connectivity index (χ3v) is 3.81. The molecule has 0 saturated heterocycles. The molecular weight excluding hydrogens is 268 g/mol. The van der Waals surface area contributed by atoms with Gasteiger partial charge in [-0.2, -0.15) is 0 Å². The molecule has 1 aromatic rings. The Hall–Kier alpha value is -1.88. The SMILES string of the molecule is CC(CCCC(=O)O)NC(=O)C1Cc2ccccc2CN1. The Labute approximate surface area is 124 Å². The van der Waals surface area contributed by atoms with E-state index in [2.05, 4.69) is 22.8 Å². The third-order valence-electron chi connectivity index (χ3n) is 3.81. The van der Waals surface area contributed by atoms with E-state index in [1.807, 2.05) is 19.1 Å². The monoisotopic (exact) mass is 290 g/mol. The van der Waals surface area contributed by atoms with Crippen LogP contribution in [-0.4, -0.2) is 29.1 Å². The first kappa shape index (κ1) is 15.5. The highest BCUT2D eigenvalue weighted by atomic mass is 16.4. The molecule has 0 aromatic heterocycles. The van der Waals surface area contributed by atoms with Crippen LogP contribution in [0.5, 0.6) is 0 Å². The Balaban J connectivity index is 1.80. The Morgan fingerprint density at radius 1 is 1.38 bits per heavy atom. The van der Waals surface area contributed by atoms with Crippen molar-refractivity contribution in [2.75, 3.05) is 0 Å². The molecule has 1 amide bonds. The zero-order valence-electron chi connectivity index (χ0n) is 12.3. The lowest BCUT2D eigenvalue weighted by Crippen LogP contribution is -2.49. The fourth-order valence-corrected chi connectivity index (χ4v) is 2.61. The number of rotatable bonds is 6. The molecule has 5 nitrogen and oxygen atoms in total. The van der Waals surface area contributed by atoms with E-state index in [9.17, 15) is 9.59 Å². The van der Waals surface area contributed by atoms with Gasteiger partial charge in [0.15, 0.2) is 0 Å². The minimum absolute atomic E-state index is 0.00387. The van der Waals surface area contributed by atoms with Crippen molar-refractivity contribution in [3.8, 4) is 0 Å². The highest BCUT2D eigenvalue weighted by Gasteiger charge is 2.24. The summed E-state index contributed by atoms with van der Waals surface area (Å²) in [5.41, 5.74) is 2.46. The zero-order chi connectivity index (χ0) is 15.2. The van der Waals surface area contributed by atoms with Crippen LogP contribution in [0.2, 0.25) is 0 Å². The fourth-order valence-electron chi connectivity index (χ4n) is 2.61. The molecule has 1 aliphatic heterocycles. The molecule has 5 heteroatoms. The second kappa shape index (κ2) is 7.22. The Morgan fingerprint density at radius 3 is 2.81 bits per heavy atom. The summed E-state index contributed by atoms with van der Waals surface area (Å²) < 4.78 is 0. The van der Waals surface area contributed by atoms with Gasteiger partial charge in [-0.05, 0) is 37.3 Å². The van der Waals surface area contributed by atoms with Crippen molar-refractivity contribution in [2.45, 2.75) is 51.2 Å². The van der Waals surface area contributed by atoms with E-state index in [4.69, 9.17) is 5.11 Å². The molecular formula is C16H22N2O3. The molecule has 0 fully saturated rings. The van der Waals surface area contributed by atoms with Crippen LogP contribution in [-0.2, 0) is 22.6 Å². The predicted molar refractivity (Wildman–Crippen MR) is 79.9 cm³/mol. The number of amides is 1. The van der Waals surface area contributed by atoms with Crippen LogP contribution in [0.1, 0.15) is 37.3 Å². The van der Waals surface area contributed by atoms with E-state index in [0.717, 1.165) is 0 Å². The van der Waals surface area contributed by atoms with Gasteiger partial charge in [-0.25, -0.2) is 0 Å². The third kappa shape index (κ3) is 4.56. The Morgan fingerprint density at radius 2 is 2.10 bits per heavy atom. The van der Waals surface area contributed by atoms with Gasteiger partial charge in [0.2, 0.25) is 5.91 Å². The van der Waals surface area contributed by atoms with Crippen molar-refractivity contribution >= 4 is 11.9 Å². The van der Waals surface area contributed by atoms with Crippen LogP contribution < -0.4 is 10.6 Å². The van der Waals surface area contributed by atoms with Gasteiger partial charge in [0, 0.05) is 19.0 Å². The molecule has 2 unspecified atom stereocenters. The van der Waals surface area contributed by atoms with Crippen LogP contribution in [0.3, 0.4) is 0 Å². The summed E-state index contributed by atoms with van der Waals surface area (Å²) in [4.78, 5) is 22.7. The number of fused-ring (bicyclic) bond motifs is 1. The van der Waals surface area contributed by atoms with Crippen molar-refractivity contribution in [3.05, 3.63) is 35.4 Å². The summed E-state index contributed by atoms with van der Waals surface area (Å²) in [6.07, 6.45) is 2.11. The molecule has 114 valence electrons. The minimum Gasteiger partial charge on any atom is -0.481 e. The number of hydrogen-bond acceptors (Lipinski definition) is 3. The summed E-state index contributed by atoms with van der Waals surface area (Å²) >= 11 is 0. The number of carboxylic acid groups (broad SMARTS) is 1. The maximum atomic E-state index is 12.2. The molecule has 2 atom stereocenters. The lowest BCUT2D eigenvalue weighted by atomic mass is 9.95. The summed E-state index contributed by atoms with van der Waals surface area (Å²) in [5, 5.41) is 14.8. The highest BCUT2D eigenvalue weighted by molar-refractivity contribution is 5.82. The van der Waals surface area contributed by atoms with Crippen LogP contribution in [0.4, 0.5) is 0 Å². The topological polar surface area (TPSA) is 78.4 Å². The molecule has 1 aromatic carbocycles. The molecule has 2 rings (SSSR count). The number of benzene rings is 1. The van der Waals surface area contributed by atoms with Gasteiger partial charge < -0.3 is 15.7 Å². The van der Waals surface area contributed by atoms with E-state index in [-0.39, 0.29) is 24.4 Å². The fraction of sp³-hybridized carbons (Fsp3) is 0.500. The molecule has 0 bridgehead atoms. The maximum Gasteiger partial charge on any atom is 0.303 e. The smallest absolute Gasteiger partial charge is 0.303 e. The average molecular weight is 290 g/mol. The van der Waals surface area contributed by atoms with Gasteiger partial charge >= 0.3 is 5.97 Å². The van der Waals surface area contributed by atoms with Crippen molar-refractivity contribution in [1.29, 1.82) is 0 Å². The van der Waals surface area contributed by atoms with E-state index in [0.29, 0.717) is 25.8 Å². The first-order valence-electron chi connectivity index (χ1n) is 7.38. The quantitative estimate of drug-likeness (QED) is 0.741. The minimum atomic E-state index is -0.793. The van der Waals surface area contributed by atoms with Crippen LogP contribution in [0.15, 0.2) is 24.3 Å². The van der Waals surface area contributed by atoms with Gasteiger partial charge in [0.25, 0.3) is 0 Å². The number of aliphatic carboxylic acids is 1. The standard InChI is InChI=1S/C16H22N2O3/c1-11(5-4-8-15(19)20)18-16(21)14-9-12-6-2-3-7-13(12)10-17-14/h2-3,6-7,11,14,17H,4-5,8-10H2,1H3,(H,18,21)(H,19,20). The second-order valence-electron chi connectivity index (χ2n) is 5.60. The van der Waals surface area contributed by atoms with Gasteiger partial charge in [0.1, 0.15) is 0 Å². The summed E-state index contributed by atoms with van der Waals surface area (Å²) in [7, 11) is 0. The lowest BCUT2D eigenvalue weighted by Gasteiger charge is -2.26. The number of nitrogens with one attached hydrogen (secondary N) is 2. The van der Waals surface area contributed by atoms with Gasteiger partial charge in [0.05, 0.1) is 6.04 Å². The molecule has 0 saturated carbocycles. The van der Waals surface area contributed by atoms with E-state index < -0.39 is 5.97 Å². The number of carbonyl (C=O) groups is 2. The van der Waals surface area contributed by atoms with E-state index in [1.54, 1.807) is 0 Å². The Kier molecular flexibility index (Phi) is 5.33. The van der Waals surface area contributed by atoms with Gasteiger partial charge in [-0.15, -0.1) is 0 Å². The number of carboxylic acids is 1. The van der Waals surface area contributed by atoms with Crippen molar-refractivity contribution in [3.63, 3.8) is 0 Å². The summed E-state index contributed by atoms with van der Waals surface area (Å²) in [5.74, 6) is -0.800. The van der Waals surface area contributed by atoms with E-state index in [1.165, 1.54) is 11.1 Å². The molecule has 1 aliphatic rings. The van der Waals surface area contributed by atoms with Crippen molar-refractivity contribution < 1.29 is 14.7 Å². The van der Waals surface area contributed by atoms with Gasteiger partial charge in [-0.3, -0.25) is 9.59 Å². The summed E-state index contributed by atoms with van der Waals surface area (Å²) in [6, 6.07) is 7.93. The Bertz CT molecular complexity index is 516. The van der Waals surface area contributed by atoms with Crippen LogP contribution >= 0.6 is 0 Å². The average Bonchev–Trinajstić information content (AvgIpc) is 2.46. The largest absolute Gasteiger partial charge is 0.481 e. The molecule has 21 heavy (non-hydrogen) atoms. The van der Waals surface area contributed by atoms with Crippen molar-refractivity contribution in [2.24, 2.45) is 0 Å². The van der Waals surface area contributed by atoms with Gasteiger partial charge in [-0.1, -0.05) is 24.3 Å². The first-order chi connectivity index (χ1) is 10.1. The highest BCUT2D eigenvalue weighted by Crippen LogP contribution is 2.16. The normalized spacial score (nSPS) is 18.6. The van der Waals surface area contributed by atoms with E-state index >= 15 is 0 Å². The second-order valence-corrected chi connectivity index (χ2v) is 5.60. The first-order valence-corrected chi connectivity index (χ1v) is 7.38. The lowest BCUT2D eigenvalue weighted by molar-refractivity contribution is -0.137. The summed E-state index contributed by atoms with van der Waals surface area (Å²) in [6.45, 7) is 2.62. The molecule has 1 heterocycles. The molecule has 3 N–H and O–H groups in total. The number of carbonyl (C=O) groups excluding carboxylic acids is 1. The predicted octanol–water partition coefficient (Wildman–Crippen LogP) is 1.46. The molecule has 0 radical (unpaired) electrons. The van der Waals surface area contributed by atoms with Crippen LogP contribution in [0, 0.1) is 0 Å².